The van der Waals surface area contributed by atoms with E-state index in [0.29, 0.717) is 0 Å². The molecule has 0 radical (unpaired) electrons. The van der Waals surface area contributed by atoms with Gasteiger partial charge in [-0.3, -0.25) is 0 Å². The molecule has 0 aliphatic carbocycles. The van der Waals surface area contributed by atoms with Crippen LogP contribution in [0.3, 0.4) is 0 Å². The molecule has 0 saturated heterocycles. The molecule has 0 aromatic heterocycles. The normalized spacial score (nSPS) is 9.88. The van der Waals surface area contributed by atoms with Crippen LogP contribution < -0.4 is 5.32 Å². The van der Waals surface area contributed by atoms with Crippen molar-refractivity contribution in [3.63, 3.8) is 0 Å². The molecule has 16 heavy (non-hydrogen) atoms. The van der Waals surface area contributed by atoms with Crippen molar-refractivity contribution in [2.24, 2.45) is 0 Å². The molecule has 0 spiro atoms. The Morgan fingerprint density at radius 1 is 1.25 bits per heavy atom. The van der Waals surface area contributed by atoms with E-state index in [-0.39, 0.29) is 12.4 Å². The number of hydrogen-bond donors (Lipinski definition) is 1. The van der Waals surface area contributed by atoms with E-state index in [0.717, 1.165) is 37.2 Å². The van der Waals surface area contributed by atoms with Gasteiger partial charge in [-0.25, -0.2) is 0 Å². The molecule has 1 aromatic rings. The second-order valence-electron chi connectivity index (χ2n) is 3.35. The van der Waals surface area contributed by atoms with E-state index in [2.05, 4.69) is 45.5 Å². The van der Waals surface area contributed by atoms with Crippen molar-refractivity contribution in [1.82, 2.24) is 5.32 Å². The summed E-state index contributed by atoms with van der Waals surface area (Å²) in [5, 5.41) is 3.38. The van der Waals surface area contributed by atoms with E-state index in [9.17, 15) is 0 Å². The lowest BCUT2D eigenvalue weighted by Gasteiger charge is -2.05. The van der Waals surface area contributed by atoms with Gasteiger partial charge < -0.3 is 10.1 Å². The van der Waals surface area contributed by atoms with Gasteiger partial charge in [-0.15, -0.1) is 12.4 Å². The number of hydrogen-bond acceptors (Lipinski definition) is 2. The molecule has 0 saturated carbocycles. The SMILES string of the molecule is CCOCCCNCc1ccc(Br)cc1.Cl. The summed E-state index contributed by atoms with van der Waals surface area (Å²) in [7, 11) is 0. The zero-order chi connectivity index (χ0) is 10.9. The maximum absolute atomic E-state index is 5.26. The summed E-state index contributed by atoms with van der Waals surface area (Å²) in [6.07, 6.45) is 1.07. The second-order valence-corrected chi connectivity index (χ2v) is 4.27. The van der Waals surface area contributed by atoms with E-state index in [1.807, 2.05) is 6.92 Å². The van der Waals surface area contributed by atoms with Crippen molar-refractivity contribution in [1.29, 1.82) is 0 Å². The Bertz CT molecular complexity index is 266. The zero-order valence-corrected chi connectivity index (χ0v) is 11.9. The third kappa shape index (κ3) is 7.23. The Kier molecular flexibility index (Phi) is 10.0. The lowest BCUT2D eigenvalue weighted by molar-refractivity contribution is 0.144. The molecular weight excluding hydrogens is 289 g/mol. The van der Waals surface area contributed by atoms with Crippen LogP contribution >= 0.6 is 28.3 Å². The van der Waals surface area contributed by atoms with Crippen molar-refractivity contribution in [2.45, 2.75) is 19.9 Å². The lowest BCUT2D eigenvalue weighted by atomic mass is 10.2. The van der Waals surface area contributed by atoms with Gasteiger partial charge in [-0.2, -0.15) is 0 Å². The first-order chi connectivity index (χ1) is 7.33. The van der Waals surface area contributed by atoms with Crippen LogP contribution in [0.25, 0.3) is 0 Å². The number of ether oxygens (including phenoxy) is 1. The maximum Gasteiger partial charge on any atom is 0.0477 e. The average molecular weight is 309 g/mol. The standard InChI is InChI=1S/C12H18BrNO.ClH/c1-2-15-9-3-8-14-10-11-4-6-12(13)7-5-11;/h4-7,14H,2-3,8-10H2,1H3;1H. The lowest BCUT2D eigenvalue weighted by Crippen LogP contribution is -2.16. The minimum absolute atomic E-state index is 0. The number of rotatable bonds is 7. The van der Waals surface area contributed by atoms with Crippen LogP contribution in [-0.2, 0) is 11.3 Å². The highest BCUT2D eigenvalue weighted by molar-refractivity contribution is 9.10. The molecule has 4 heteroatoms. The molecule has 92 valence electrons. The van der Waals surface area contributed by atoms with Gasteiger partial charge in [-0.1, -0.05) is 28.1 Å². The highest BCUT2D eigenvalue weighted by Gasteiger charge is 1.92. The van der Waals surface area contributed by atoms with Gasteiger partial charge >= 0.3 is 0 Å². The van der Waals surface area contributed by atoms with Crippen molar-refractivity contribution >= 4 is 28.3 Å². The number of halogens is 2. The third-order valence-electron chi connectivity index (χ3n) is 2.09. The van der Waals surface area contributed by atoms with Crippen LogP contribution in [0.4, 0.5) is 0 Å². The highest BCUT2D eigenvalue weighted by Crippen LogP contribution is 2.09. The van der Waals surface area contributed by atoms with Crippen LogP contribution in [-0.4, -0.2) is 19.8 Å². The number of nitrogens with one attached hydrogen (secondary N) is 1. The molecule has 0 aliphatic heterocycles. The van der Waals surface area contributed by atoms with Crippen LogP contribution in [0.1, 0.15) is 18.9 Å². The van der Waals surface area contributed by atoms with Gasteiger partial charge in [0.1, 0.15) is 0 Å². The largest absolute Gasteiger partial charge is 0.382 e. The summed E-state index contributed by atoms with van der Waals surface area (Å²) in [4.78, 5) is 0. The van der Waals surface area contributed by atoms with Gasteiger partial charge in [0.25, 0.3) is 0 Å². The Balaban J connectivity index is 0.00000225. The van der Waals surface area contributed by atoms with Crippen LogP contribution in [0.15, 0.2) is 28.7 Å². The van der Waals surface area contributed by atoms with E-state index in [4.69, 9.17) is 4.74 Å². The van der Waals surface area contributed by atoms with Gasteiger partial charge in [-0.05, 0) is 37.6 Å². The first-order valence-electron chi connectivity index (χ1n) is 5.36. The fraction of sp³-hybridized carbons (Fsp3) is 0.500. The first-order valence-corrected chi connectivity index (χ1v) is 6.15. The maximum atomic E-state index is 5.26. The van der Waals surface area contributed by atoms with Crippen LogP contribution in [0, 0.1) is 0 Å². The predicted octanol–water partition coefficient (Wildman–Crippen LogP) is 3.39. The Morgan fingerprint density at radius 3 is 2.56 bits per heavy atom. The highest BCUT2D eigenvalue weighted by atomic mass is 79.9. The molecule has 1 rings (SSSR count). The minimum atomic E-state index is 0. The van der Waals surface area contributed by atoms with Gasteiger partial charge in [0.15, 0.2) is 0 Å². The van der Waals surface area contributed by atoms with Crippen molar-refractivity contribution in [2.75, 3.05) is 19.8 Å². The third-order valence-corrected chi connectivity index (χ3v) is 2.62. The molecule has 0 fully saturated rings. The monoisotopic (exact) mass is 307 g/mol. The molecule has 1 N–H and O–H groups in total. The Morgan fingerprint density at radius 2 is 1.94 bits per heavy atom. The topological polar surface area (TPSA) is 21.3 Å². The predicted molar refractivity (Wildman–Crippen MR) is 74.2 cm³/mol. The summed E-state index contributed by atoms with van der Waals surface area (Å²) < 4.78 is 6.38. The Labute approximate surface area is 112 Å². The molecule has 0 atom stereocenters. The minimum Gasteiger partial charge on any atom is -0.382 e. The second kappa shape index (κ2) is 10.1. The molecule has 0 aliphatic rings. The molecule has 0 unspecified atom stereocenters. The van der Waals surface area contributed by atoms with E-state index in [1.54, 1.807) is 0 Å². The zero-order valence-electron chi connectivity index (χ0n) is 9.54. The van der Waals surface area contributed by atoms with Gasteiger partial charge in [0.2, 0.25) is 0 Å². The average Bonchev–Trinajstić information content (AvgIpc) is 2.26. The fourth-order valence-corrected chi connectivity index (χ4v) is 1.54. The quantitative estimate of drug-likeness (QED) is 0.780. The molecule has 1 aromatic carbocycles. The molecule has 0 amide bonds. The van der Waals surface area contributed by atoms with Crippen molar-refractivity contribution in [3.8, 4) is 0 Å². The summed E-state index contributed by atoms with van der Waals surface area (Å²) in [6.45, 7) is 5.63. The van der Waals surface area contributed by atoms with Crippen molar-refractivity contribution in [3.05, 3.63) is 34.3 Å². The fourth-order valence-electron chi connectivity index (χ4n) is 1.28. The van der Waals surface area contributed by atoms with Crippen LogP contribution in [0.5, 0.6) is 0 Å². The summed E-state index contributed by atoms with van der Waals surface area (Å²) in [6, 6.07) is 8.38. The van der Waals surface area contributed by atoms with Crippen molar-refractivity contribution < 1.29 is 4.74 Å². The molecule has 0 heterocycles. The van der Waals surface area contributed by atoms with E-state index >= 15 is 0 Å². The Hall–Kier alpha value is -0.0900. The molecular formula is C12H19BrClNO. The first kappa shape index (κ1) is 15.9. The summed E-state index contributed by atoms with van der Waals surface area (Å²) in [5.41, 5.74) is 1.31. The molecule has 2 nitrogen and oxygen atoms in total. The number of benzene rings is 1. The summed E-state index contributed by atoms with van der Waals surface area (Å²) >= 11 is 3.42. The smallest absolute Gasteiger partial charge is 0.0477 e. The van der Waals surface area contributed by atoms with E-state index in [1.165, 1.54) is 5.56 Å². The van der Waals surface area contributed by atoms with Crippen LogP contribution in [0.2, 0.25) is 0 Å². The van der Waals surface area contributed by atoms with E-state index < -0.39 is 0 Å². The van der Waals surface area contributed by atoms with Gasteiger partial charge in [0, 0.05) is 24.2 Å². The van der Waals surface area contributed by atoms with Gasteiger partial charge in [0.05, 0.1) is 0 Å². The molecule has 0 bridgehead atoms. The summed E-state index contributed by atoms with van der Waals surface area (Å²) in [5.74, 6) is 0.